The molecule has 1 heterocycles. The molecule has 0 radical (unpaired) electrons. The predicted octanol–water partition coefficient (Wildman–Crippen LogP) is 1.87. The van der Waals surface area contributed by atoms with Gasteiger partial charge in [-0.25, -0.2) is 9.36 Å². The van der Waals surface area contributed by atoms with Crippen LogP contribution < -0.4 is 11.1 Å². The second kappa shape index (κ2) is 6.71. The van der Waals surface area contributed by atoms with Gasteiger partial charge in [0.1, 0.15) is 12.1 Å². The van der Waals surface area contributed by atoms with Crippen molar-refractivity contribution >= 4 is 5.91 Å². The summed E-state index contributed by atoms with van der Waals surface area (Å²) in [7, 11) is 0. The quantitative estimate of drug-likeness (QED) is 0.903. The van der Waals surface area contributed by atoms with E-state index in [1.54, 1.807) is 13.0 Å². The van der Waals surface area contributed by atoms with E-state index in [0.717, 1.165) is 10.1 Å². The van der Waals surface area contributed by atoms with Crippen molar-refractivity contribution in [3.8, 4) is 17.5 Å². The molecule has 2 rings (SSSR count). The van der Waals surface area contributed by atoms with E-state index in [4.69, 9.17) is 4.52 Å². The topological polar surface area (TPSA) is 101 Å². The molecule has 126 valence electrons. The van der Waals surface area contributed by atoms with Crippen LogP contribution in [0.2, 0.25) is 0 Å². The van der Waals surface area contributed by atoms with E-state index in [0.29, 0.717) is 5.56 Å². The number of hydrogen-bond donors (Lipinski definition) is 1. The number of aryl methyl sites for hydroxylation is 1. The lowest BCUT2D eigenvalue weighted by Crippen LogP contribution is -2.50. The molecule has 0 aliphatic rings. The van der Waals surface area contributed by atoms with Gasteiger partial charge in [-0.15, -0.1) is 0 Å². The fourth-order valence-corrected chi connectivity index (χ4v) is 2.20. The summed E-state index contributed by atoms with van der Waals surface area (Å²) in [6.45, 7) is 6.94. The Bertz CT molecular complexity index is 844. The van der Waals surface area contributed by atoms with Crippen molar-refractivity contribution in [2.24, 2.45) is 5.92 Å². The number of nitriles is 1. The largest absolute Gasteiger partial charge is 0.442 e. The Hall–Kier alpha value is -2.88. The van der Waals surface area contributed by atoms with E-state index in [2.05, 4.69) is 16.5 Å². The summed E-state index contributed by atoms with van der Waals surface area (Å²) in [6.07, 6.45) is 0. The van der Waals surface area contributed by atoms with Crippen LogP contribution in [0.15, 0.2) is 33.6 Å². The highest BCUT2D eigenvalue weighted by Gasteiger charge is 2.30. The van der Waals surface area contributed by atoms with Crippen LogP contribution in [-0.2, 0) is 11.3 Å². The fraction of sp³-hybridized carbons (Fsp3) is 0.412. The smallest absolute Gasteiger partial charge is 0.336 e. The van der Waals surface area contributed by atoms with Gasteiger partial charge in [-0.05, 0) is 25.3 Å². The molecule has 1 amide bonds. The van der Waals surface area contributed by atoms with Crippen LogP contribution in [0, 0.1) is 24.2 Å². The Kier molecular flexibility index (Phi) is 4.88. The molecule has 0 aliphatic carbocycles. The highest BCUT2D eigenvalue weighted by Crippen LogP contribution is 2.20. The molecule has 7 heteroatoms. The maximum atomic E-state index is 12.3. The number of hydrogen-bond acceptors (Lipinski definition) is 5. The van der Waals surface area contributed by atoms with E-state index >= 15 is 0 Å². The Morgan fingerprint density at radius 3 is 2.71 bits per heavy atom. The van der Waals surface area contributed by atoms with E-state index < -0.39 is 17.2 Å². The Morgan fingerprint density at radius 1 is 1.46 bits per heavy atom. The normalized spacial score (nSPS) is 13.3. The molecular weight excluding hydrogens is 308 g/mol. The number of amides is 1. The van der Waals surface area contributed by atoms with E-state index in [1.807, 2.05) is 39.0 Å². The van der Waals surface area contributed by atoms with Crippen LogP contribution in [-0.4, -0.2) is 21.2 Å². The molecule has 0 spiro atoms. The lowest BCUT2D eigenvalue weighted by molar-refractivity contribution is -0.123. The number of carbonyl (C=O) groups excluding carboxylic acids is 1. The highest BCUT2D eigenvalue weighted by molar-refractivity contribution is 5.78. The SMILES string of the molecule is Cc1ccccc1-c1noc(=O)n1CC(=O)NC(C)(C#N)C(C)C. The summed E-state index contributed by atoms with van der Waals surface area (Å²) in [5.74, 6) is -0.961. The molecule has 1 unspecified atom stereocenters. The van der Waals surface area contributed by atoms with Gasteiger partial charge in [-0.2, -0.15) is 5.26 Å². The summed E-state index contributed by atoms with van der Waals surface area (Å²) in [4.78, 5) is 24.2. The highest BCUT2D eigenvalue weighted by atomic mass is 16.5. The summed E-state index contributed by atoms with van der Waals surface area (Å²) < 4.78 is 5.88. The zero-order chi connectivity index (χ0) is 17.9. The first-order valence-corrected chi connectivity index (χ1v) is 7.63. The third-order valence-corrected chi connectivity index (χ3v) is 4.16. The summed E-state index contributed by atoms with van der Waals surface area (Å²) >= 11 is 0. The van der Waals surface area contributed by atoms with Gasteiger partial charge >= 0.3 is 5.76 Å². The Morgan fingerprint density at radius 2 is 2.12 bits per heavy atom. The number of benzene rings is 1. The lowest BCUT2D eigenvalue weighted by atomic mass is 9.90. The van der Waals surface area contributed by atoms with Gasteiger partial charge in [0.2, 0.25) is 5.91 Å². The first-order chi connectivity index (χ1) is 11.3. The van der Waals surface area contributed by atoms with Crippen LogP contribution in [0.25, 0.3) is 11.4 Å². The molecule has 1 aromatic carbocycles. The zero-order valence-corrected chi connectivity index (χ0v) is 14.2. The lowest BCUT2D eigenvalue weighted by Gasteiger charge is -2.27. The molecule has 0 bridgehead atoms. The van der Waals surface area contributed by atoms with Gasteiger partial charge in [0.15, 0.2) is 5.82 Å². The molecule has 1 N–H and O–H groups in total. The van der Waals surface area contributed by atoms with Gasteiger partial charge in [0.05, 0.1) is 6.07 Å². The van der Waals surface area contributed by atoms with Crippen molar-refractivity contribution in [1.82, 2.24) is 15.0 Å². The van der Waals surface area contributed by atoms with Gasteiger partial charge in [-0.3, -0.25) is 9.32 Å². The summed E-state index contributed by atoms with van der Waals surface area (Å²) in [5.41, 5.74) is 0.604. The maximum absolute atomic E-state index is 12.3. The van der Waals surface area contributed by atoms with Crippen LogP contribution >= 0.6 is 0 Å². The molecule has 0 saturated heterocycles. The molecule has 1 atom stereocenters. The van der Waals surface area contributed by atoms with Crippen LogP contribution in [0.5, 0.6) is 0 Å². The Labute approximate surface area is 139 Å². The third kappa shape index (κ3) is 3.38. The minimum Gasteiger partial charge on any atom is -0.336 e. The minimum atomic E-state index is -1.01. The Balaban J connectivity index is 2.31. The number of nitrogens with zero attached hydrogens (tertiary/aromatic N) is 3. The van der Waals surface area contributed by atoms with Gasteiger partial charge in [0, 0.05) is 5.56 Å². The minimum absolute atomic E-state index is 0.0820. The van der Waals surface area contributed by atoms with Gasteiger partial charge in [0.25, 0.3) is 0 Å². The zero-order valence-electron chi connectivity index (χ0n) is 14.2. The van der Waals surface area contributed by atoms with Crippen molar-refractivity contribution < 1.29 is 9.32 Å². The summed E-state index contributed by atoms with van der Waals surface area (Å²) in [6, 6.07) is 9.47. The molecule has 2 aromatic rings. The van der Waals surface area contributed by atoms with Gasteiger partial charge in [-0.1, -0.05) is 43.3 Å². The molecular formula is C17H20N4O3. The first kappa shape index (κ1) is 17.5. The number of rotatable bonds is 5. The second-order valence-electron chi connectivity index (χ2n) is 6.19. The number of aromatic nitrogens is 2. The molecule has 24 heavy (non-hydrogen) atoms. The average Bonchev–Trinajstić information content (AvgIpc) is 2.88. The maximum Gasteiger partial charge on any atom is 0.442 e. The van der Waals surface area contributed by atoms with Crippen molar-refractivity contribution in [2.45, 2.75) is 39.8 Å². The van der Waals surface area contributed by atoms with Gasteiger partial charge < -0.3 is 5.32 Å². The number of carbonyl (C=O) groups is 1. The molecule has 0 saturated carbocycles. The monoisotopic (exact) mass is 328 g/mol. The predicted molar refractivity (Wildman–Crippen MR) is 87.9 cm³/mol. The fourth-order valence-electron chi connectivity index (χ4n) is 2.20. The van der Waals surface area contributed by atoms with Crippen molar-refractivity contribution in [1.29, 1.82) is 5.26 Å². The van der Waals surface area contributed by atoms with E-state index in [1.165, 1.54) is 0 Å². The van der Waals surface area contributed by atoms with E-state index in [-0.39, 0.29) is 18.3 Å². The van der Waals surface area contributed by atoms with Crippen molar-refractivity contribution in [3.63, 3.8) is 0 Å². The standard InChI is InChI=1S/C17H20N4O3/c1-11(2)17(4,10-18)19-14(22)9-21-15(20-24-16(21)23)13-8-6-5-7-12(13)3/h5-8,11H,9H2,1-4H3,(H,19,22). The third-order valence-electron chi connectivity index (χ3n) is 4.16. The van der Waals surface area contributed by atoms with E-state index in [9.17, 15) is 14.9 Å². The molecule has 1 aromatic heterocycles. The van der Waals surface area contributed by atoms with Crippen LogP contribution in [0.1, 0.15) is 26.3 Å². The van der Waals surface area contributed by atoms with Crippen LogP contribution in [0.3, 0.4) is 0 Å². The molecule has 0 fully saturated rings. The number of nitrogens with one attached hydrogen (secondary N) is 1. The molecule has 7 nitrogen and oxygen atoms in total. The van der Waals surface area contributed by atoms with Crippen molar-refractivity contribution in [3.05, 3.63) is 40.4 Å². The summed E-state index contributed by atoms with van der Waals surface area (Å²) in [5, 5.41) is 15.7. The molecule has 0 aliphatic heterocycles. The van der Waals surface area contributed by atoms with Crippen molar-refractivity contribution in [2.75, 3.05) is 0 Å². The second-order valence-corrected chi connectivity index (χ2v) is 6.19. The first-order valence-electron chi connectivity index (χ1n) is 7.63. The van der Waals surface area contributed by atoms with Crippen LogP contribution in [0.4, 0.5) is 0 Å². The average molecular weight is 328 g/mol.